The maximum absolute atomic E-state index is 10.8. The molecule has 0 atom stereocenters. The van der Waals surface area contributed by atoms with Gasteiger partial charge >= 0.3 is 5.76 Å². The normalized spacial score (nSPS) is 10.8. The average Bonchev–Trinajstić information content (AvgIpc) is 2.29. The van der Waals surface area contributed by atoms with Gasteiger partial charge < -0.3 is 4.42 Å². The number of rotatable bonds is 0. The summed E-state index contributed by atoms with van der Waals surface area (Å²) < 4.78 is 5.52. The number of aromatic nitrogens is 1. The molecule has 0 spiro atoms. The number of fused-ring (bicyclic) bond motifs is 1. The molecule has 0 aliphatic carbocycles. The van der Waals surface area contributed by atoms with Gasteiger partial charge in [-0.25, -0.2) is 4.79 Å². The van der Waals surface area contributed by atoms with E-state index in [1.807, 2.05) is 0 Å². The smallest absolute Gasteiger partial charge is 0.408 e. The van der Waals surface area contributed by atoms with Crippen molar-refractivity contribution in [1.82, 2.24) is 4.98 Å². The van der Waals surface area contributed by atoms with Crippen LogP contribution in [0, 0.1) is 0 Å². The highest BCUT2D eigenvalue weighted by atomic mass is 79.9. The number of hydrogen-bond acceptors (Lipinski definition) is 2. The van der Waals surface area contributed by atoms with Gasteiger partial charge in [-0.2, -0.15) is 0 Å². The second-order valence-corrected chi connectivity index (χ2v) is 3.57. The standard InChI is InChI=1S/C7H3BrClNO2/c8-4-1-3(9)2-5-6(4)10-7(11)12-5/h1-2H,(H,10,11). The van der Waals surface area contributed by atoms with Crippen molar-refractivity contribution in [2.24, 2.45) is 0 Å². The molecule has 0 saturated heterocycles. The van der Waals surface area contributed by atoms with E-state index in [1.54, 1.807) is 12.1 Å². The summed E-state index contributed by atoms with van der Waals surface area (Å²) >= 11 is 8.97. The Morgan fingerprint density at radius 1 is 1.50 bits per heavy atom. The fraction of sp³-hybridized carbons (Fsp3) is 0. The molecule has 1 aromatic heterocycles. The summed E-state index contributed by atoms with van der Waals surface area (Å²) in [6.45, 7) is 0. The Kier molecular flexibility index (Phi) is 1.73. The van der Waals surface area contributed by atoms with Gasteiger partial charge in [-0.3, -0.25) is 4.98 Å². The van der Waals surface area contributed by atoms with E-state index in [0.29, 0.717) is 16.1 Å². The lowest BCUT2D eigenvalue weighted by molar-refractivity contribution is 0.555. The van der Waals surface area contributed by atoms with Crippen LogP contribution in [0.2, 0.25) is 5.02 Å². The third-order valence-electron chi connectivity index (χ3n) is 1.45. The van der Waals surface area contributed by atoms with Crippen LogP contribution in [0.25, 0.3) is 11.1 Å². The average molecular weight is 248 g/mol. The zero-order chi connectivity index (χ0) is 8.72. The van der Waals surface area contributed by atoms with Crippen molar-refractivity contribution in [3.8, 4) is 0 Å². The maximum Gasteiger partial charge on any atom is 0.417 e. The molecule has 1 heterocycles. The van der Waals surface area contributed by atoms with Crippen molar-refractivity contribution in [1.29, 1.82) is 0 Å². The maximum atomic E-state index is 10.8. The van der Waals surface area contributed by atoms with Gasteiger partial charge in [0.05, 0.1) is 0 Å². The number of oxazole rings is 1. The SMILES string of the molecule is O=c1[nH]c2c(Br)cc(Cl)cc2o1. The first-order valence-electron chi connectivity index (χ1n) is 3.15. The zero-order valence-corrected chi connectivity index (χ0v) is 8.07. The third-order valence-corrected chi connectivity index (χ3v) is 2.29. The molecule has 62 valence electrons. The molecular weight excluding hydrogens is 245 g/mol. The molecular formula is C7H3BrClNO2. The lowest BCUT2D eigenvalue weighted by Gasteiger charge is -1.92. The first-order chi connectivity index (χ1) is 5.66. The van der Waals surface area contributed by atoms with Crippen LogP contribution in [-0.2, 0) is 0 Å². The molecule has 1 N–H and O–H groups in total. The minimum atomic E-state index is -0.479. The van der Waals surface area contributed by atoms with E-state index in [4.69, 9.17) is 16.0 Å². The summed E-state index contributed by atoms with van der Waals surface area (Å²) in [7, 11) is 0. The van der Waals surface area contributed by atoms with Crippen molar-refractivity contribution >= 4 is 38.6 Å². The van der Waals surface area contributed by atoms with Crippen LogP contribution < -0.4 is 5.76 Å². The van der Waals surface area contributed by atoms with Crippen molar-refractivity contribution in [2.45, 2.75) is 0 Å². The molecule has 2 rings (SSSR count). The molecule has 0 radical (unpaired) electrons. The number of benzene rings is 1. The van der Waals surface area contributed by atoms with E-state index in [9.17, 15) is 4.79 Å². The van der Waals surface area contributed by atoms with E-state index in [0.717, 1.165) is 4.47 Å². The second-order valence-electron chi connectivity index (χ2n) is 2.28. The van der Waals surface area contributed by atoms with Crippen LogP contribution >= 0.6 is 27.5 Å². The molecule has 0 saturated carbocycles. The highest BCUT2D eigenvalue weighted by Crippen LogP contribution is 2.25. The Morgan fingerprint density at radius 3 is 3.00 bits per heavy atom. The van der Waals surface area contributed by atoms with E-state index >= 15 is 0 Å². The Balaban J connectivity index is 2.97. The van der Waals surface area contributed by atoms with Crippen LogP contribution in [0.3, 0.4) is 0 Å². The first-order valence-corrected chi connectivity index (χ1v) is 4.32. The number of H-pyrrole nitrogens is 1. The number of halogens is 2. The molecule has 5 heteroatoms. The molecule has 3 nitrogen and oxygen atoms in total. The Labute approximate surface area is 80.5 Å². The van der Waals surface area contributed by atoms with Crippen molar-refractivity contribution in [2.75, 3.05) is 0 Å². The van der Waals surface area contributed by atoms with Gasteiger partial charge in [0.1, 0.15) is 5.52 Å². The molecule has 0 amide bonds. The van der Waals surface area contributed by atoms with Crippen molar-refractivity contribution < 1.29 is 4.42 Å². The van der Waals surface area contributed by atoms with E-state index in [2.05, 4.69) is 20.9 Å². The fourth-order valence-electron chi connectivity index (χ4n) is 0.979. The topological polar surface area (TPSA) is 46.0 Å². The summed E-state index contributed by atoms with van der Waals surface area (Å²) in [4.78, 5) is 13.3. The molecule has 0 aliphatic rings. The second kappa shape index (κ2) is 2.64. The van der Waals surface area contributed by atoms with Gasteiger partial charge in [-0.15, -0.1) is 0 Å². The number of nitrogens with one attached hydrogen (secondary N) is 1. The minimum absolute atomic E-state index is 0.458. The van der Waals surface area contributed by atoms with Gasteiger partial charge in [0.2, 0.25) is 0 Å². The van der Waals surface area contributed by atoms with E-state index < -0.39 is 5.76 Å². The molecule has 0 fully saturated rings. The third kappa shape index (κ3) is 1.17. The van der Waals surface area contributed by atoms with Gasteiger partial charge in [-0.1, -0.05) is 11.6 Å². The van der Waals surface area contributed by atoms with Gasteiger partial charge in [0.15, 0.2) is 5.58 Å². The van der Waals surface area contributed by atoms with Gasteiger partial charge in [0, 0.05) is 15.6 Å². The lowest BCUT2D eigenvalue weighted by atomic mass is 10.3. The van der Waals surface area contributed by atoms with E-state index in [-0.39, 0.29) is 0 Å². The van der Waals surface area contributed by atoms with Crippen LogP contribution in [-0.4, -0.2) is 4.98 Å². The summed E-state index contributed by atoms with van der Waals surface area (Å²) in [5.41, 5.74) is 1.09. The van der Waals surface area contributed by atoms with Crippen molar-refractivity contribution in [3.63, 3.8) is 0 Å². The molecule has 0 unspecified atom stereocenters. The molecule has 0 bridgehead atoms. The quantitative estimate of drug-likeness (QED) is 0.779. The number of hydrogen-bond donors (Lipinski definition) is 1. The highest BCUT2D eigenvalue weighted by molar-refractivity contribution is 9.10. The lowest BCUT2D eigenvalue weighted by Crippen LogP contribution is -1.93. The van der Waals surface area contributed by atoms with Crippen LogP contribution in [0.4, 0.5) is 0 Å². The highest BCUT2D eigenvalue weighted by Gasteiger charge is 2.05. The summed E-state index contributed by atoms with van der Waals surface area (Å²) in [5, 5.41) is 0.525. The Bertz CT molecular complexity index is 488. The molecule has 0 aliphatic heterocycles. The zero-order valence-electron chi connectivity index (χ0n) is 5.73. The summed E-state index contributed by atoms with van der Waals surface area (Å²) in [5.74, 6) is -0.479. The Hall–Kier alpha value is -0.740. The Morgan fingerprint density at radius 2 is 2.25 bits per heavy atom. The van der Waals surface area contributed by atoms with Crippen LogP contribution in [0.15, 0.2) is 25.8 Å². The first kappa shape index (κ1) is 7.89. The molecule has 12 heavy (non-hydrogen) atoms. The van der Waals surface area contributed by atoms with Gasteiger partial charge in [-0.05, 0) is 22.0 Å². The molecule has 2 aromatic rings. The van der Waals surface area contributed by atoms with E-state index in [1.165, 1.54) is 0 Å². The van der Waals surface area contributed by atoms with Crippen LogP contribution in [0.5, 0.6) is 0 Å². The summed E-state index contributed by atoms with van der Waals surface area (Å²) in [6, 6.07) is 3.27. The molecule has 1 aromatic carbocycles. The van der Waals surface area contributed by atoms with Gasteiger partial charge in [0.25, 0.3) is 0 Å². The largest absolute Gasteiger partial charge is 0.417 e. The number of aromatic amines is 1. The summed E-state index contributed by atoms with van der Waals surface area (Å²) in [6.07, 6.45) is 0. The predicted octanol–water partition coefficient (Wildman–Crippen LogP) is 2.54. The minimum Gasteiger partial charge on any atom is -0.408 e. The van der Waals surface area contributed by atoms with Crippen molar-refractivity contribution in [3.05, 3.63) is 32.2 Å². The van der Waals surface area contributed by atoms with Crippen LogP contribution in [0.1, 0.15) is 0 Å². The predicted molar refractivity (Wildman–Crippen MR) is 49.5 cm³/mol. The monoisotopic (exact) mass is 247 g/mol. The fourth-order valence-corrected chi connectivity index (χ4v) is 1.86.